The van der Waals surface area contributed by atoms with Crippen LogP contribution in [0, 0.1) is 0 Å². The zero-order valence-corrected chi connectivity index (χ0v) is 41.7. The predicted molar refractivity (Wildman–Crippen MR) is 295 cm³/mol. The third-order valence-corrected chi connectivity index (χ3v) is 22.8. The first kappa shape index (κ1) is 42.3. The van der Waals surface area contributed by atoms with Gasteiger partial charge in [0.25, 0.3) is 0 Å². The van der Waals surface area contributed by atoms with Gasteiger partial charge in [-0.05, 0) is 123 Å². The lowest BCUT2D eigenvalue weighted by Crippen LogP contribution is -2.74. The SMILES string of the molecule is CC1(C)c2ccccc2Sc2ccc3c(c21)c1cc(N2c4ccccc4C4(C)CCCCC24C)ccc1n3-c1cccc([Si](c2ccccc2)(c2ccccc2)c2cccc(-c3ccccc3)c2)c1. The molecule has 0 radical (unpaired) electrons. The van der Waals surface area contributed by atoms with Crippen molar-refractivity contribution in [3.63, 3.8) is 0 Å². The van der Waals surface area contributed by atoms with E-state index < -0.39 is 8.07 Å². The summed E-state index contributed by atoms with van der Waals surface area (Å²) < 4.78 is 2.60. The van der Waals surface area contributed by atoms with Crippen LogP contribution in [0.1, 0.15) is 70.1 Å². The van der Waals surface area contributed by atoms with Crippen LogP contribution in [0.2, 0.25) is 0 Å². The molecule has 2 unspecified atom stereocenters. The summed E-state index contributed by atoms with van der Waals surface area (Å²) >= 11 is 1.93. The van der Waals surface area contributed by atoms with Gasteiger partial charge in [-0.15, -0.1) is 0 Å². The summed E-state index contributed by atoms with van der Waals surface area (Å²) in [6.07, 6.45) is 4.90. The molecule has 1 fully saturated rings. The van der Waals surface area contributed by atoms with Gasteiger partial charge in [0.05, 0.1) is 16.6 Å². The molecule has 0 spiro atoms. The molecule has 3 aliphatic rings. The number of rotatable bonds is 7. The monoisotopic (exact) mass is 924 g/mol. The molecule has 13 rings (SSSR count). The molecule has 2 nitrogen and oxygen atoms in total. The number of nitrogens with zero attached hydrogens (tertiary/aromatic N) is 2. The zero-order valence-electron chi connectivity index (χ0n) is 39.9. The third kappa shape index (κ3) is 6.11. The number of fused-ring (bicyclic) bond motifs is 9. The fourth-order valence-electron chi connectivity index (χ4n) is 13.4. The maximum atomic E-state index is 2.75. The molecule has 10 aromatic rings. The third-order valence-electron chi connectivity index (χ3n) is 16.9. The first-order valence-electron chi connectivity index (χ1n) is 24.9. The van der Waals surface area contributed by atoms with Crippen molar-refractivity contribution >= 4 is 73.8 Å². The number of hydrogen-bond acceptors (Lipinski definition) is 2. The van der Waals surface area contributed by atoms with Gasteiger partial charge in [-0.25, -0.2) is 0 Å². The second-order valence-corrected chi connectivity index (χ2v) is 25.6. The Labute approximate surface area is 412 Å². The van der Waals surface area contributed by atoms with E-state index in [1.165, 1.54) is 123 Å². The minimum Gasteiger partial charge on any atom is -0.334 e. The summed E-state index contributed by atoms with van der Waals surface area (Å²) in [6, 6.07) is 83.3. The fourth-order valence-corrected chi connectivity index (χ4v) is 19.7. The molecule has 9 aromatic carbocycles. The second kappa shape index (κ2) is 15.8. The number of aromatic nitrogens is 1. The first-order chi connectivity index (χ1) is 33.7. The quantitative estimate of drug-likeness (QED) is 0.116. The maximum Gasteiger partial charge on any atom is 0.179 e. The number of anilines is 2. The number of para-hydroxylation sites is 1. The van der Waals surface area contributed by atoms with Crippen molar-refractivity contribution in [3.8, 4) is 16.8 Å². The van der Waals surface area contributed by atoms with Crippen LogP contribution in [0.4, 0.5) is 11.4 Å². The molecule has 0 amide bonds. The highest BCUT2D eigenvalue weighted by Gasteiger charge is 2.57. The van der Waals surface area contributed by atoms with Crippen LogP contribution in [0.3, 0.4) is 0 Å². The minimum absolute atomic E-state index is 0.0382. The van der Waals surface area contributed by atoms with Crippen LogP contribution < -0.4 is 25.6 Å². The lowest BCUT2D eigenvalue weighted by atomic mass is 9.61. The van der Waals surface area contributed by atoms with Gasteiger partial charge in [0.2, 0.25) is 0 Å². The highest BCUT2D eigenvalue weighted by Crippen LogP contribution is 2.61. The van der Waals surface area contributed by atoms with E-state index >= 15 is 0 Å². The molecule has 1 aliphatic carbocycles. The van der Waals surface area contributed by atoms with Gasteiger partial charge < -0.3 is 9.47 Å². The average Bonchev–Trinajstić information content (AvgIpc) is 3.83. The Morgan fingerprint density at radius 2 is 1.04 bits per heavy atom. The second-order valence-electron chi connectivity index (χ2n) is 20.7. The summed E-state index contributed by atoms with van der Waals surface area (Å²) in [4.78, 5) is 5.45. The predicted octanol–water partition coefficient (Wildman–Crippen LogP) is 14.4. The Hall–Kier alpha value is -6.85. The van der Waals surface area contributed by atoms with Gasteiger partial charge in [0.15, 0.2) is 8.07 Å². The number of hydrogen-bond donors (Lipinski definition) is 0. The van der Waals surface area contributed by atoms with Crippen molar-refractivity contribution in [2.45, 2.75) is 79.5 Å². The van der Waals surface area contributed by atoms with Crippen molar-refractivity contribution in [2.24, 2.45) is 0 Å². The van der Waals surface area contributed by atoms with Crippen LogP contribution in [-0.4, -0.2) is 18.2 Å². The topological polar surface area (TPSA) is 8.17 Å². The van der Waals surface area contributed by atoms with Gasteiger partial charge >= 0.3 is 0 Å². The lowest BCUT2D eigenvalue weighted by Gasteiger charge is -2.50. The van der Waals surface area contributed by atoms with E-state index in [4.69, 9.17) is 0 Å². The lowest BCUT2D eigenvalue weighted by molar-refractivity contribution is 0.195. The molecular weight excluding hydrogens is 869 g/mol. The van der Waals surface area contributed by atoms with Crippen molar-refractivity contribution in [2.75, 3.05) is 4.90 Å². The van der Waals surface area contributed by atoms with Crippen LogP contribution in [0.15, 0.2) is 228 Å². The Morgan fingerprint density at radius 1 is 0.449 bits per heavy atom. The average molecular weight is 925 g/mol. The molecule has 0 N–H and O–H groups in total. The van der Waals surface area contributed by atoms with Crippen molar-refractivity contribution < 1.29 is 0 Å². The normalized spacial score (nSPS) is 19.2. The summed E-state index contributed by atoms with van der Waals surface area (Å²) in [5.41, 5.74) is 12.9. The molecular formula is C65H56N2SSi. The summed E-state index contributed by atoms with van der Waals surface area (Å²) in [5, 5.41) is 8.13. The smallest absolute Gasteiger partial charge is 0.179 e. The largest absolute Gasteiger partial charge is 0.334 e. The number of benzene rings is 9. The molecule has 0 saturated heterocycles. The molecule has 0 bridgehead atoms. The highest BCUT2D eigenvalue weighted by molar-refractivity contribution is 7.99. The van der Waals surface area contributed by atoms with E-state index in [1.807, 2.05) is 11.8 Å². The summed E-state index contributed by atoms with van der Waals surface area (Å²) in [6.45, 7) is 9.99. The van der Waals surface area contributed by atoms with Gasteiger partial charge in [-0.3, -0.25) is 0 Å². The Morgan fingerprint density at radius 3 is 1.80 bits per heavy atom. The highest BCUT2D eigenvalue weighted by atomic mass is 32.2. The summed E-state index contributed by atoms with van der Waals surface area (Å²) in [5.74, 6) is 0. The zero-order chi connectivity index (χ0) is 46.5. The van der Waals surface area contributed by atoms with Crippen LogP contribution in [0.25, 0.3) is 38.6 Å². The standard InChI is InChI=1S/C65H56N2SSi/c1-63(2)55-33-15-17-35-59(55)68-60-39-38-58-61(62(60)63)53-44-48(67-57-34-16-14-32-54(57)64(3)40-18-19-41-65(64,67)4)36-37-56(53)66(58)47-25-21-31-52(43-47)69(49-26-10-6-11-27-49,50-28-12-7-13-29-50)51-30-20-24-46(42-51)45-22-8-5-9-23-45/h5-17,20-39,42-44H,18-19,40-41H2,1-4H3. The Kier molecular flexibility index (Phi) is 9.71. The molecule has 336 valence electrons. The van der Waals surface area contributed by atoms with E-state index in [1.54, 1.807) is 0 Å². The molecule has 1 saturated carbocycles. The maximum absolute atomic E-state index is 2.95. The van der Waals surface area contributed by atoms with E-state index in [-0.39, 0.29) is 16.4 Å². The van der Waals surface area contributed by atoms with Crippen molar-refractivity contribution in [1.29, 1.82) is 0 Å². The van der Waals surface area contributed by atoms with Gasteiger partial charge in [0, 0.05) is 48.5 Å². The van der Waals surface area contributed by atoms with Crippen LogP contribution in [-0.2, 0) is 10.8 Å². The van der Waals surface area contributed by atoms with Crippen molar-refractivity contribution in [3.05, 3.63) is 235 Å². The van der Waals surface area contributed by atoms with E-state index in [0.29, 0.717) is 0 Å². The molecule has 3 heterocycles. The van der Waals surface area contributed by atoms with Crippen LogP contribution >= 0.6 is 11.8 Å². The molecule has 1 aromatic heterocycles. The molecule has 4 heteroatoms. The van der Waals surface area contributed by atoms with Crippen molar-refractivity contribution in [1.82, 2.24) is 4.57 Å². The van der Waals surface area contributed by atoms with Gasteiger partial charge in [0.1, 0.15) is 0 Å². The molecule has 69 heavy (non-hydrogen) atoms. The van der Waals surface area contributed by atoms with E-state index in [0.717, 1.165) is 0 Å². The van der Waals surface area contributed by atoms with E-state index in [9.17, 15) is 0 Å². The van der Waals surface area contributed by atoms with Gasteiger partial charge in [-0.2, -0.15) is 0 Å². The molecule has 2 aliphatic heterocycles. The fraction of sp³-hybridized carbons (Fsp3) is 0.169. The molecule has 2 atom stereocenters. The van der Waals surface area contributed by atoms with E-state index in [2.05, 4.69) is 256 Å². The summed E-state index contributed by atoms with van der Waals surface area (Å²) in [7, 11) is -2.95. The van der Waals surface area contributed by atoms with Gasteiger partial charge in [-0.1, -0.05) is 209 Å². The van der Waals surface area contributed by atoms with Crippen LogP contribution in [0.5, 0.6) is 0 Å². The Bertz CT molecular complexity index is 3580. The minimum atomic E-state index is -2.95. The Balaban J connectivity index is 1.09. The first-order valence-corrected chi connectivity index (χ1v) is 27.7.